The van der Waals surface area contributed by atoms with E-state index in [1.54, 1.807) is 4.31 Å². The van der Waals surface area contributed by atoms with Crippen molar-refractivity contribution in [2.45, 2.75) is 31.8 Å². The minimum Gasteiger partial charge on any atom is -0.351 e. The Balaban J connectivity index is 1.44. The number of fused-ring (bicyclic) bond motifs is 2. The van der Waals surface area contributed by atoms with Gasteiger partial charge in [0.05, 0.1) is 6.26 Å². The fourth-order valence-electron chi connectivity index (χ4n) is 4.57. The van der Waals surface area contributed by atoms with Crippen molar-refractivity contribution in [3.05, 3.63) is 36.5 Å². The number of hydrogen-bond donors (Lipinski definition) is 1. The van der Waals surface area contributed by atoms with Crippen LogP contribution in [0.3, 0.4) is 0 Å². The number of hydrogen-bond acceptors (Lipinski definition) is 3. The number of nitrogens with one attached hydrogen (secondary N) is 1. The van der Waals surface area contributed by atoms with Gasteiger partial charge in [-0.3, -0.25) is 4.79 Å². The van der Waals surface area contributed by atoms with Gasteiger partial charge in [0.2, 0.25) is 15.9 Å². The number of benzene rings is 1. The Morgan fingerprint density at radius 1 is 1.19 bits per heavy atom. The molecule has 3 atom stereocenters. The molecule has 26 heavy (non-hydrogen) atoms. The molecule has 0 unspecified atom stereocenters. The number of carbonyl (C=O) groups excluding carboxylic acids is 1. The van der Waals surface area contributed by atoms with Gasteiger partial charge in [0.15, 0.2) is 0 Å². The average Bonchev–Trinajstić information content (AvgIpc) is 3.20. The maximum atomic E-state index is 12.6. The van der Waals surface area contributed by atoms with Gasteiger partial charge in [0, 0.05) is 30.8 Å². The van der Waals surface area contributed by atoms with Gasteiger partial charge in [-0.2, -0.15) is 0 Å². The van der Waals surface area contributed by atoms with Crippen LogP contribution in [0, 0.1) is 11.8 Å². The van der Waals surface area contributed by atoms with Crippen molar-refractivity contribution in [2.24, 2.45) is 11.8 Å². The third-order valence-corrected chi connectivity index (χ3v) is 7.11. The van der Waals surface area contributed by atoms with Gasteiger partial charge < -0.3 is 9.88 Å². The van der Waals surface area contributed by atoms with Crippen molar-refractivity contribution in [3.8, 4) is 0 Å². The minimum absolute atomic E-state index is 0.00481. The van der Waals surface area contributed by atoms with Crippen molar-refractivity contribution in [3.63, 3.8) is 0 Å². The first-order valence-corrected chi connectivity index (χ1v) is 11.0. The van der Waals surface area contributed by atoms with Crippen LogP contribution in [0.1, 0.15) is 19.3 Å². The van der Waals surface area contributed by atoms with E-state index in [1.165, 1.54) is 6.26 Å². The Kier molecular flexibility index (Phi) is 4.52. The standard InChI is InChI=1S/C19H25N3O3S/c1-26(24,25)22-11-15-6-4-7-17(16(15)12-22)20-19(23)13-21-10-9-14-5-2-3-8-18(14)21/h2-3,5,8-10,15-17H,4,6-7,11-13H2,1H3,(H,20,23)/t15-,16+,17-/m0/s1. The Morgan fingerprint density at radius 3 is 2.81 bits per heavy atom. The number of aromatic nitrogens is 1. The van der Waals surface area contributed by atoms with Gasteiger partial charge in [-0.15, -0.1) is 0 Å². The Morgan fingerprint density at radius 2 is 2.00 bits per heavy atom. The van der Waals surface area contributed by atoms with E-state index in [0.29, 0.717) is 19.0 Å². The summed E-state index contributed by atoms with van der Waals surface area (Å²) in [6, 6.07) is 10.1. The zero-order valence-electron chi connectivity index (χ0n) is 15.0. The van der Waals surface area contributed by atoms with Gasteiger partial charge >= 0.3 is 0 Å². The summed E-state index contributed by atoms with van der Waals surface area (Å²) >= 11 is 0. The normalized spacial score (nSPS) is 26.7. The summed E-state index contributed by atoms with van der Waals surface area (Å²) in [6.45, 7) is 1.41. The molecular weight excluding hydrogens is 350 g/mol. The Hall–Kier alpha value is -1.86. The van der Waals surface area contributed by atoms with E-state index in [0.717, 1.165) is 30.2 Å². The van der Waals surface area contributed by atoms with Crippen molar-refractivity contribution >= 4 is 26.8 Å². The highest BCUT2D eigenvalue weighted by atomic mass is 32.2. The van der Waals surface area contributed by atoms with E-state index in [4.69, 9.17) is 0 Å². The van der Waals surface area contributed by atoms with Crippen molar-refractivity contribution in [2.75, 3.05) is 19.3 Å². The largest absolute Gasteiger partial charge is 0.351 e. The summed E-state index contributed by atoms with van der Waals surface area (Å²) in [6.07, 6.45) is 6.22. The van der Waals surface area contributed by atoms with Crippen LogP contribution >= 0.6 is 0 Å². The summed E-state index contributed by atoms with van der Waals surface area (Å²) in [7, 11) is -3.16. The second kappa shape index (κ2) is 6.70. The monoisotopic (exact) mass is 375 g/mol. The quantitative estimate of drug-likeness (QED) is 0.886. The highest BCUT2D eigenvalue weighted by molar-refractivity contribution is 7.88. The third-order valence-electron chi connectivity index (χ3n) is 5.87. The first kappa shape index (κ1) is 17.5. The number of para-hydroxylation sites is 1. The summed E-state index contributed by atoms with van der Waals surface area (Å²) in [5, 5.41) is 4.31. The molecular formula is C19H25N3O3S. The number of rotatable bonds is 4. The lowest BCUT2D eigenvalue weighted by molar-refractivity contribution is -0.123. The molecule has 2 heterocycles. The summed E-state index contributed by atoms with van der Waals surface area (Å²) in [5.74, 6) is 0.579. The SMILES string of the molecule is CS(=O)(=O)N1C[C@@H]2CCC[C@H](NC(=O)Cn3ccc4ccccc43)[C@@H]2C1. The smallest absolute Gasteiger partial charge is 0.240 e. The molecule has 140 valence electrons. The fraction of sp³-hybridized carbons (Fsp3) is 0.526. The van der Waals surface area contributed by atoms with E-state index in [-0.39, 0.29) is 24.4 Å². The van der Waals surface area contributed by atoms with E-state index in [2.05, 4.69) is 5.32 Å². The molecule has 2 aromatic rings. The predicted molar refractivity (Wildman–Crippen MR) is 101 cm³/mol. The van der Waals surface area contributed by atoms with Gasteiger partial charge in [-0.05, 0) is 42.2 Å². The van der Waals surface area contributed by atoms with Gasteiger partial charge in [0.25, 0.3) is 0 Å². The molecule has 1 saturated carbocycles. The summed E-state index contributed by atoms with van der Waals surface area (Å²) < 4.78 is 27.3. The molecule has 0 bridgehead atoms. The first-order valence-electron chi connectivity index (χ1n) is 9.20. The molecule has 6 nitrogen and oxygen atoms in total. The van der Waals surface area contributed by atoms with Gasteiger partial charge in [0.1, 0.15) is 6.54 Å². The van der Waals surface area contributed by atoms with Crippen LogP contribution in [0.15, 0.2) is 36.5 Å². The molecule has 1 aliphatic carbocycles. The van der Waals surface area contributed by atoms with E-state index in [1.807, 2.05) is 41.1 Å². The molecule has 1 amide bonds. The second-order valence-corrected chi connectivity index (χ2v) is 9.59. The molecule has 0 radical (unpaired) electrons. The summed E-state index contributed by atoms with van der Waals surface area (Å²) in [4.78, 5) is 12.6. The van der Waals surface area contributed by atoms with Gasteiger partial charge in [-0.25, -0.2) is 12.7 Å². The first-order chi connectivity index (χ1) is 12.4. The molecule has 7 heteroatoms. The lowest BCUT2D eigenvalue weighted by atomic mass is 9.78. The molecule has 2 aliphatic rings. The number of amides is 1. The fourth-order valence-corrected chi connectivity index (χ4v) is 5.47. The average molecular weight is 375 g/mol. The number of carbonyl (C=O) groups is 1. The van der Waals surface area contributed by atoms with Gasteiger partial charge in [-0.1, -0.05) is 24.6 Å². The lowest BCUT2D eigenvalue weighted by Crippen LogP contribution is -2.46. The highest BCUT2D eigenvalue weighted by Gasteiger charge is 2.43. The molecule has 2 fully saturated rings. The topological polar surface area (TPSA) is 71.4 Å². The Labute approximate surface area is 154 Å². The van der Waals surface area contributed by atoms with E-state index in [9.17, 15) is 13.2 Å². The molecule has 1 N–H and O–H groups in total. The molecule has 1 aromatic heterocycles. The van der Waals surface area contributed by atoms with Crippen LogP contribution < -0.4 is 5.32 Å². The van der Waals surface area contributed by atoms with Crippen LogP contribution in [-0.4, -0.2) is 48.6 Å². The number of nitrogens with zero attached hydrogens (tertiary/aromatic N) is 2. The molecule has 4 rings (SSSR count). The summed E-state index contributed by atoms with van der Waals surface area (Å²) in [5.41, 5.74) is 1.05. The predicted octanol–water partition coefficient (Wildman–Crippen LogP) is 1.82. The minimum atomic E-state index is -3.16. The van der Waals surface area contributed by atoms with Crippen LogP contribution in [0.25, 0.3) is 10.9 Å². The second-order valence-electron chi connectivity index (χ2n) is 7.61. The molecule has 1 aromatic carbocycles. The van der Waals surface area contributed by atoms with Crippen molar-refractivity contribution in [1.29, 1.82) is 0 Å². The van der Waals surface area contributed by atoms with Crippen LogP contribution in [0.4, 0.5) is 0 Å². The third kappa shape index (κ3) is 3.38. The molecule has 0 spiro atoms. The highest BCUT2D eigenvalue weighted by Crippen LogP contribution is 2.37. The van der Waals surface area contributed by atoms with E-state index >= 15 is 0 Å². The molecule has 1 aliphatic heterocycles. The van der Waals surface area contributed by atoms with Crippen LogP contribution in [0.2, 0.25) is 0 Å². The van der Waals surface area contributed by atoms with Crippen molar-refractivity contribution in [1.82, 2.24) is 14.2 Å². The molecule has 1 saturated heterocycles. The lowest BCUT2D eigenvalue weighted by Gasteiger charge is -2.33. The van der Waals surface area contributed by atoms with Crippen LogP contribution in [-0.2, 0) is 21.4 Å². The van der Waals surface area contributed by atoms with E-state index < -0.39 is 10.0 Å². The van der Waals surface area contributed by atoms with Crippen LogP contribution in [0.5, 0.6) is 0 Å². The zero-order valence-corrected chi connectivity index (χ0v) is 15.8. The number of sulfonamides is 1. The zero-order chi connectivity index (χ0) is 18.3. The maximum absolute atomic E-state index is 12.6. The Bertz CT molecular complexity index is 921. The van der Waals surface area contributed by atoms with Crippen molar-refractivity contribution < 1.29 is 13.2 Å². The maximum Gasteiger partial charge on any atom is 0.240 e.